The monoisotopic (exact) mass is 398 g/mol. The molecule has 0 bridgehead atoms. The molecule has 1 atom stereocenters. The molecule has 0 aliphatic heterocycles. The lowest BCUT2D eigenvalue weighted by atomic mass is 10.0. The lowest BCUT2D eigenvalue weighted by molar-refractivity contribution is -0.165. The molecule has 0 saturated carbocycles. The van der Waals surface area contributed by atoms with Gasteiger partial charge in [-0.1, -0.05) is 65.7 Å². The third kappa shape index (κ3) is 13.4. The van der Waals surface area contributed by atoms with Gasteiger partial charge in [0, 0.05) is 19.3 Å². The number of ether oxygens (including phenoxy) is 2. The minimum atomic E-state index is -1.33. The summed E-state index contributed by atoms with van der Waals surface area (Å²) in [6, 6.07) is 0. The zero-order valence-electron chi connectivity index (χ0n) is 17.9. The Morgan fingerprint density at radius 1 is 0.643 bits per heavy atom. The summed E-state index contributed by atoms with van der Waals surface area (Å²) in [7, 11) is 0. The average molecular weight is 399 g/mol. The lowest BCUT2D eigenvalue weighted by Gasteiger charge is -2.16. The van der Waals surface area contributed by atoms with E-state index in [9.17, 15) is 19.2 Å². The highest BCUT2D eigenvalue weighted by molar-refractivity contribution is 6.39. The standard InChI is InChI=1S/C22H38O6/c1-4-7-10-13-14-18(23)22(26)19(28-21(25)16-12-9-6-3)17-27-20(24)15-11-8-5-2/h19H,4-17H2,1-3H3. The van der Waals surface area contributed by atoms with Crippen molar-refractivity contribution >= 4 is 23.5 Å². The van der Waals surface area contributed by atoms with Gasteiger partial charge in [-0.25, -0.2) is 0 Å². The van der Waals surface area contributed by atoms with Crippen LogP contribution in [0.3, 0.4) is 0 Å². The maximum absolute atomic E-state index is 12.4. The van der Waals surface area contributed by atoms with Crippen LogP contribution in [0.15, 0.2) is 0 Å². The normalized spacial score (nSPS) is 11.7. The van der Waals surface area contributed by atoms with Gasteiger partial charge in [0.2, 0.25) is 17.7 Å². The van der Waals surface area contributed by atoms with Crippen molar-refractivity contribution < 1.29 is 28.7 Å². The number of hydrogen-bond donors (Lipinski definition) is 0. The summed E-state index contributed by atoms with van der Waals surface area (Å²) in [5, 5.41) is 0. The Morgan fingerprint density at radius 3 is 1.71 bits per heavy atom. The van der Waals surface area contributed by atoms with Gasteiger partial charge in [-0.15, -0.1) is 0 Å². The summed E-state index contributed by atoms with van der Waals surface area (Å²) in [6.45, 7) is 5.73. The van der Waals surface area contributed by atoms with Gasteiger partial charge in [0.25, 0.3) is 0 Å². The Hall–Kier alpha value is -1.72. The van der Waals surface area contributed by atoms with E-state index in [0.717, 1.165) is 44.9 Å². The Bertz CT molecular complexity index is 472. The highest BCUT2D eigenvalue weighted by Crippen LogP contribution is 2.09. The third-order valence-electron chi connectivity index (χ3n) is 4.46. The number of rotatable bonds is 18. The van der Waals surface area contributed by atoms with Crippen LogP contribution >= 0.6 is 0 Å². The minimum absolute atomic E-state index is 0.132. The van der Waals surface area contributed by atoms with E-state index in [1.807, 2.05) is 13.8 Å². The van der Waals surface area contributed by atoms with Crippen LogP contribution in [-0.2, 0) is 28.7 Å². The second kappa shape index (κ2) is 17.4. The van der Waals surface area contributed by atoms with Gasteiger partial charge in [0.05, 0.1) is 0 Å². The van der Waals surface area contributed by atoms with Crippen LogP contribution in [0.2, 0.25) is 0 Å². The average Bonchev–Trinajstić information content (AvgIpc) is 2.68. The van der Waals surface area contributed by atoms with Gasteiger partial charge in [-0.2, -0.15) is 0 Å². The summed E-state index contributed by atoms with van der Waals surface area (Å²) in [5.41, 5.74) is 0. The molecule has 0 radical (unpaired) electrons. The maximum atomic E-state index is 12.4. The van der Waals surface area contributed by atoms with Crippen molar-refractivity contribution in [1.29, 1.82) is 0 Å². The summed E-state index contributed by atoms with van der Waals surface area (Å²) in [6.07, 6.45) is 7.91. The Labute approximate surface area is 169 Å². The quantitative estimate of drug-likeness (QED) is 0.189. The molecular formula is C22H38O6. The molecular weight excluding hydrogens is 360 g/mol. The van der Waals surface area contributed by atoms with Crippen molar-refractivity contribution in [3.05, 3.63) is 0 Å². The first-order valence-electron chi connectivity index (χ1n) is 10.9. The Morgan fingerprint density at radius 2 is 1.14 bits per heavy atom. The van der Waals surface area contributed by atoms with Crippen molar-refractivity contribution in [3.8, 4) is 0 Å². The first-order chi connectivity index (χ1) is 13.5. The molecule has 0 spiro atoms. The second-order valence-corrected chi connectivity index (χ2v) is 7.17. The number of unbranched alkanes of at least 4 members (excludes halogenated alkanes) is 7. The fourth-order valence-electron chi connectivity index (χ4n) is 2.68. The zero-order valence-corrected chi connectivity index (χ0v) is 17.9. The minimum Gasteiger partial charge on any atom is -0.461 e. The van der Waals surface area contributed by atoms with Gasteiger partial charge in [-0.05, 0) is 19.3 Å². The number of ketones is 2. The largest absolute Gasteiger partial charge is 0.461 e. The summed E-state index contributed by atoms with van der Waals surface area (Å²) >= 11 is 0. The van der Waals surface area contributed by atoms with Crippen molar-refractivity contribution in [2.75, 3.05) is 6.61 Å². The molecule has 0 rings (SSSR count). The smallest absolute Gasteiger partial charge is 0.306 e. The predicted octanol–water partition coefficient (Wildman–Crippen LogP) is 4.71. The maximum Gasteiger partial charge on any atom is 0.306 e. The topological polar surface area (TPSA) is 86.7 Å². The Kier molecular flexibility index (Phi) is 16.3. The number of hydrogen-bond acceptors (Lipinski definition) is 6. The van der Waals surface area contributed by atoms with Gasteiger partial charge in [0.15, 0.2) is 0 Å². The van der Waals surface area contributed by atoms with E-state index in [1.165, 1.54) is 0 Å². The lowest BCUT2D eigenvalue weighted by Crippen LogP contribution is -2.37. The van der Waals surface area contributed by atoms with Gasteiger partial charge in [0.1, 0.15) is 6.61 Å². The molecule has 1 unspecified atom stereocenters. The molecule has 0 aromatic heterocycles. The van der Waals surface area contributed by atoms with E-state index >= 15 is 0 Å². The van der Waals surface area contributed by atoms with Crippen LogP contribution in [0.5, 0.6) is 0 Å². The highest BCUT2D eigenvalue weighted by atomic mass is 16.6. The molecule has 0 amide bonds. The molecule has 0 aliphatic carbocycles. The van der Waals surface area contributed by atoms with E-state index < -0.39 is 29.6 Å². The molecule has 6 nitrogen and oxygen atoms in total. The van der Waals surface area contributed by atoms with Crippen LogP contribution in [0, 0.1) is 0 Å². The number of esters is 2. The number of carbonyl (C=O) groups excluding carboxylic acids is 4. The van der Waals surface area contributed by atoms with E-state index in [-0.39, 0.29) is 25.9 Å². The van der Waals surface area contributed by atoms with Crippen LogP contribution < -0.4 is 0 Å². The summed E-state index contributed by atoms with van der Waals surface area (Å²) in [4.78, 5) is 48.4. The molecule has 0 N–H and O–H groups in total. The molecule has 0 aliphatic rings. The number of Topliss-reactive ketones (excluding diaryl/α,β-unsaturated/α-hetero) is 2. The molecule has 0 aromatic carbocycles. The molecule has 162 valence electrons. The van der Waals surface area contributed by atoms with Crippen LogP contribution in [0.1, 0.15) is 104 Å². The first kappa shape index (κ1) is 26.3. The SMILES string of the molecule is CCCCCCC(=O)C(=O)C(COC(=O)CCCCC)OC(=O)CCCCC. The van der Waals surface area contributed by atoms with E-state index in [4.69, 9.17) is 9.47 Å². The fourth-order valence-corrected chi connectivity index (χ4v) is 2.68. The highest BCUT2D eigenvalue weighted by Gasteiger charge is 2.29. The van der Waals surface area contributed by atoms with Crippen LogP contribution in [0.4, 0.5) is 0 Å². The van der Waals surface area contributed by atoms with Crippen LogP contribution in [-0.4, -0.2) is 36.2 Å². The molecule has 0 heterocycles. The zero-order chi connectivity index (χ0) is 21.2. The van der Waals surface area contributed by atoms with Crippen molar-refractivity contribution in [2.45, 2.75) is 110 Å². The van der Waals surface area contributed by atoms with E-state index in [1.54, 1.807) is 0 Å². The van der Waals surface area contributed by atoms with Gasteiger partial charge in [-0.3, -0.25) is 19.2 Å². The van der Waals surface area contributed by atoms with Crippen LogP contribution in [0.25, 0.3) is 0 Å². The molecule has 0 aromatic rings. The van der Waals surface area contributed by atoms with Crippen molar-refractivity contribution in [2.24, 2.45) is 0 Å². The third-order valence-corrected chi connectivity index (χ3v) is 4.46. The van der Waals surface area contributed by atoms with E-state index in [2.05, 4.69) is 6.92 Å². The summed E-state index contributed by atoms with van der Waals surface area (Å²) < 4.78 is 10.3. The molecule has 28 heavy (non-hydrogen) atoms. The fraction of sp³-hybridized carbons (Fsp3) is 0.818. The molecule has 6 heteroatoms. The van der Waals surface area contributed by atoms with Gasteiger partial charge < -0.3 is 9.47 Å². The number of carbonyl (C=O) groups is 4. The van der Waals surface area contributed by atoms with E-state index in [0.29, 0.717) is 19.3 Å². The second-order valence-electron chi connectivity index (χ2n) is 7.17. The summed E-state index contributed by atoms with van der Waals surface area (Å²) in [5.74, 6) is -2.32. The molecule has 0 saturated heterocycles. The molecule has 0 fully saturated rings. The van der Waals surface area contributed by atoms with Gasteiger partial charge >= 0.3 is 11.9 Å². The van der Waals surface area contributed by atoms with Crippen molar-refractivity contribution in [1.82, 2.24) is 0 Å². The predicted molar refractivity (Wildman–Crippen MR) is 108 cm³/mol. The van der Waals surface area contributed by atoms with Crippen molar-refractivity contribution in [3.63, 3.8) is 0 Å². The Balaban J connectivity index is 4.67. The first-order valence-corrected chi connectivity index (χ1v) is 10.9.